The number of carbonyl (C=O) groups excluding carboxylic acids is 1. The lowest BCUT2D eigenvalue weighted by molar-refractivity contribution is 0.112. The van der Waals surface area contributed by atoms with Crippen LogP contribution < -0.4 is 4.74 Å². The van der Waals surface area contributed by atoms with Crippen LogP contribution in [0.4, 0.5) is 0 Å². The fourth-order valence-electron chi connectivity index (χ4n) is 4.34. The molecule has 2 aromatic heterocycles. The first-order valence-corrected chi connectivity index (χ1v) is 10.6. The molecule has 0 spiro atoms. The van der Waals surface area contributed by atoms with Crippen molar-refractivity contribution in [2.24, 2.45) is 0 Å². The Labute approximate surface area is 179 Å². The monoisotopic (exact) mass is 413 g/mol. The van der Waals surface area contributed by atoms with Crippen LogP contribution in [0.2, 0.25) is 0 Å². The average molecular weight is 413 g/mol. The fraction of sp³-hybridized carbons (Fsp3) is 0.240. The standard InChI is InChI=1S/C25H23N3O3/c29-15-17-10-11-19(14-21(17)24-27-22-8-1-2-9-23(22)28-24)31-25-20(7-4-12-26-25)16-5-3-6-18(30)13-16/h1-2,4,7-12,14-16,18,30H,3,5-6,13H2,(H,27,28)/t16-,18+/m1/s1. The largest absolute Gasteiger partial charge is 0.439 e. The minimum Gasteiger partial charge on any atom is -0.439 e. The molecule has 6 nitrogen and oxygen atoms in total. The van der Waals surface area contributed by atoms with Crippen molar-refractivity contribution in [1.82, 2.24) is 15.0 Å². The Kier molecular flexibility index (Phi) is 5.22. The molecular formula is C25H23N3O3. The molecule has 2 aromatic carbocycles. The van der Waals surface area contributed by atoms with E-state index >= 15 is 0 Å². The molecule has 0 bridgehead atoms. The number of aldehydes is 1. The molecule has 0 saturated heterocycles. The van der Waals surface area contributed by atoms with Gasteiger partial charge in [-0.15, -0.1) is 0 Å². The molecular weight excluding hydrogens is 390 g/mol. The van der Waals surface area contributed by atoms with Crippen molar-refractivity contribution in [1.29, 1.82) is 0 Å². The number of pyridine rings is 1. The Balaban J connectivity index is 1.50. The Morgan fingerprint density at radius 1 is 1.10 bits per heavy atom. The predicted octanol–water partition coefficient (Wildman–Crippen LogP) is 5.25. The van der Waals surface area contributed by atoms with Gasteiger partial charge in [0.2, 0.25) is 5.88 Å². The fourth-order valence-corrected chi connectivity index (χ4v) is 4.34. The number of aromatic nitrogens is 3. The molecule has 0 radical (unpaired) electrons. The molecule has 2 atom stereocenters. The van der Waals surface area contributed by atoms with E-state index in [1.165, 1.54) is 0 Å². The molecule has 1 saturated carbocycles. The molecule has 2 N–H and O–H groups in total. The molecule has 4 aromatic rings. The van der Waals surface area contributed by atoms with Crippen molar-refractivity contribution in [2.75, 3.05) is 0 Å². The summed E-state index contributed by atoms with van der Waals surface area (Å²) in [6, 6.07) is 17.0. The van der Waals surface area contributed by atoms with E-state index in [0.29, 0.717) is 28.6 Å². The van der Waals surface area contributed by atoms with Crippen molar-refractivity contribution in [2.45, 2.75) is 37.7 Å². The summed E-state index contributed by atoms with van der Waals surface area (Å²) in [5, 5.41) is 10.1. The lowest BCUT2D eigenvalue weighted by Crippen LogP contribution is -2.18. The van der Waals surface area contributed by atoms with Gasteiger partial charge in [0.05, 0.1) is 17.1 Å². The van der Waals surface area contributed by atoms with Crippen LogP contribution in [-0.4, -0.2) is 32.4 Å². The van der Waals surface area contributed by atoms with Gasteiger partial charge in [0.25, 0.3) is 0 Å². The van der Waals surface area contributed by atoms with E-state index in [1.807, 2.05) is 42.5 Å². The maximum absolute atomic E-state index is 11.7. The molecule has 6 heteroatoms. The zero-order chi connectivity index (χ0) is 21.2. The Bertz CT molecular complexity index is 1200. The zero-order valence-corrected chi connectivity index (χ0v) is 17.0. The van der Waals surface area contributed by atoms with E-state index < -0.39 is 0 Å². The van der Waals surface area contributed by atoms with Crippen LogP contribution in [0.1, 0.15) is 47.5 Å². The van der Waals surface area contributed by atoms with Crippen LogP contribution in [0.5, 0.6) is 11.6 Å². The summed E-state index contributed by atoms with van der Waals surface area (Å²) in [6.07, 6.45) is 5.81. The minimum absolute atomic E-state index is 0.219. The van der Waals surface area contributed by atoms with Gasteiger partial charge in [-0.3, -0.25) is 4.79 Å². The summed E-state index contributed by atoms with van der Waals surface area (Å²) in [7, 11) is 0. The van der Waals surface area contributed by atoms with Gasteiger partial charge in [-0.05, 0) is 61.6 Å². The zero-order valence-electron chi connectivity index (χ0n) is 17.0. The van der Waals surface area contributed by atoms with E-state index in [2.05, 4.69) is 15.0 Å². The number of fused-ring (bicyclic) bond motifs is 1. The number of hydrogen-bond acceptors (Lipinski definition) is 5. The normalized spacial score (nSPS) is 18.7. The summed E-state index contributed by atoms with van der Waals surface area (Å²) in [5.74, 6) is 1.95. The first-order valence-electron chi connectivity index (χ1n) is 10.6. The minimum atomic E-state index is -0.279. The first-order chi connectivity index (χ1) is 15.2. The summed E-state index contributed by atoms with van der Waals surface area (Å²) in [6.45, 7) is 0. The molecule has 0 aliphatic heterocycles. The third kappa shape index (κ3) is 3.94. The molecule has 31 heavy (non-hydrogen) atoms. The number of para-hydroxylation sites is 2. The highest BCUT2D eigenvalue weighted by Crippen LogP contribution is 2.38. The van der Waals surface area contributed by atoms with Crippen LogP contribution in [-0.2, 0) is 0 Å². The van der Waals surface area contributed by atoms with Gasteiger partial charge in [0, 0.05) is 22.9 Å². The number of imidazole rings is 1. The van der Waals surface area contributed by atoms with Gasteiger partial charge >= 0.3 is 0 Å². The lowest BCUT2D eigenvalue weighted by Gasteiger charge is -2.27. The van der Waals surface area contributed by atoms with Crippen molar-refractivity contribution >= 4 is 17.3 Å². The van der Waals surface area contributed by atoms with Gasteiger partial charge in [0.15, 0.2) is 6.29 Å². The average Bonchev–Trinajstić information content (AvgIpc) is 3.24. The number of aliphatic hydroxyl groups excluding tert-OH is 1. The molecule has 0 amide bonds. The third-order valence-corrected chi connectivity index (χ3v) is 5.90. The second-order valence-electron chi connectivity index (χ2n) is 7.99. The molecule has 5 rings (SSSR count). The summed E-state index contributed by atoms with van der Waals surface area (Å²) in [5.41, 5.74) is 3.95. The number of carbonyl (C=O) groups is 1. The van der Waals surface area contributed by atoms with Gasteiger partial charge in [-0.2, -0.15) is 0 Å². The quantitative estimate of drug-likeness (QED) is 0.436. The molecule has 1 aliphatic carbocycles. The van der Waals surface area contributed by atoms with Gasteiger partial charge in [-0.1, -0.05) is 24.6 Å². The molecule has 1 aliphatic rings. The van der Waals surface area contributed by atoms with E-state index in [-0.39, 0.29) is 12.0 Å². The summed E-state index contributed by atoms with van der Waals surface area (Å²) >= 11 is 0. The van der Waals surface area contributed by atoms with Gasteiger partial charge in [0.1, 0.15) is 11.6 Å². The van der Waals surface area contributed by atoms with Crippen LogP contribution in [0.25, 0.3) is 22.4 Å². The second-order valence-corrected chi connectivity index (χ2v) is 7.99. The van der Waals surface area contributed by atoms with E-state index in [9.17, 15) is 9.90 Å². The highest BCUT2D eigenvalue weighted by molar-refractivity contribution is 5.89. The topological polar surface area (TPSA) is 88.1 Å². The number of H-pyrrole nitrogens is 1. The number of nitrogens with zero attached hydrogens (tertiary/aromatic N) is 2. The number of rotatable bonds is 5. The molecule has 1 fully saturated rings. The lowest BCUT2D eigenvalue weighted by atomic mass is 9.83. The van der Waals surface area contributed by atoms with Crippen molar-refractivity contribution in [3.05, 3.63) is 71.9 Å². The Hall–Kier alpha value is -3.51. The molecule has 0 unspecified atom stereocenters. The number of aromatic amines is 1. The van der Waals surface area contributed by atoms with E-state index in [0.717, 1.165) is 48.6 Å². The van der Waals surface area contributed by atoms with Crippen LogP contribution in [0.15, 0.2) is 60.8 Å². The van der Waals surface area contributed by atoms with Crippen molar-refractivity contribution < 1.29 is 14.6 Å². The van der Waals surface area contributed by atoms with Crippen LogP contribution in [0, 0.1) is 0 Å². The first kappa shape index (κ1) is 19.5. The van der Waals surface area contributed by atoms with E-state index in [1.54, 1.807) is 18.3 Å². The van der Waals surface area contributed by atoms with E-state index in [4.69, 9.17) is 4.74 Å². The predicted molar refractivity (Wildman–Crippen MR) is 118 cm³/mol. The molecule has 2 heterocycles. The highest BCUT2D eigenvalue weighted by atomic mass is 16.5. The maximum atomic E-state index is 11.7. The Morgan fingerprint density at radius 3 is 2.84 bits per heavy atom. The van der Waals surface area contributed by atoms with Crippen LogP contribution in [0.3, 0.4) is 0 Å². The number of nitrogens with one attached hydrogen (secondary N) is 1. The molecule has 156 valence electrons. The summed E-state index contributed by atoms with van der Waals surface area (Å²) < 4.78 is 6.18. The Morgan fingerprint density at radius 2 is 2.00 bits per heavy atom. The second kappa shape index (κ2) is 8.32. The summed E-state index contributed by atoms with van der Waals surface area (Å²) in [4.78, 5) is 24.0. The maximum Gasteiger partial charge on any atom is 0.222 e. The number of ether oxygens (including phenoxy) is 1. The third-order valence-electron chi connectivity index (χ3n) is 5.90. The SMILES string of the molecule is O=Cc1ccc(Oc2ncccc2[C@@H]2CCC[C@H](O)C2)cc1-c1nc2ccccc2[nH]1. The number of benzene rings is 2. The number of hydrogen-bond donors (Lipinski definition) is 2. The van der Waals surface area contributed by atoms with Gasteiger partial charge < -0.3 is 14.8 Å². The van der Waals surface area contributed by atoms with Crippen molar-refractivity contribution in [3.8, 4) is 23.0 Å². The van der Waals surface area contributed by atoms with Crippen molar-refractivity contribution in [3.63, 3.8) is 0 Å². The van der Waals surface area contributed by atoms with Gasteiger partial charge in [-0.25, -0.2) is 9.97 Å². The number of aliphatic hydroxyl groups is 1. The van der Waals surface area contributed by atoms with Crippen LogP contribution >= 0.6 is 0 Å². The highest BCUT2D eigenvalue weighted by Gasteiger charge is 2.25. The smallest absolute Gasteiger partial charge is 0.222 e.